The van der Waals surface area contributed by atoms with E-state index in [-0.39, 0.29) is 5.60 Å². The third-order valence-electron chi connectivity index (χ3n) is 6.11. The summed E-state index contributed by atoms with van der Waals surface area (Å²) >= 11 is 0. The molecule has 0 amide bonds. The summed E-state index contributed by atoms with van der Waals surface area (Å²) in [6.45, 7) is 15.0. The molecule has 0 radical (unpaired) electrons. The molecule has 0 atom stereocenters. The SMILES string of the molecule is C=C(CCCCCCCCCCCCCCCCC)C(C)(C)OCCC(C)(C)O. The van der Waals surface area contributed by atoms with Gasteiger partial charge in [-0.05, 0) is 52.5 Å². The van der Waals surface area contributed by atoms with Crippen molar-refractivity contribution in [1.29, 1.82) is 0 Å². The lowest BCUT2D eigenvalue weighted by molar-refractivity contribution is -0.0278. The number of ether oxygens (including phenoxy) is 1. The van der Waals surface area contributed by atoms with Gasteiger partial charge in [0.25, 0.3) is 0 Å². The van der Waals surface area contributed by atoms with Gasteiger partial charge < -0.3 is 9.84 Å². The van der Waals surface area contributed by atoms with Gasteiger partial charge in [0.1, 0.15) is 0 Å². The van der Waals surface area contributed by atoms with Crippen LogP contribution in [0.5, 0.6) is 0 Å². The van der Waals surface area contributed by atoms with Crippen LogP contribution in [0, 0.1) is 0 Å². The average Bonchev–Trinajstić information content (AvgIpc) is 2.63. The molecule has 0 aromatic carbocycles. The van der Waals surface area contributed by atoms with Gasteiger partial charge in [-0.2, -0.15) is 0 Å². The Morgan fingerprint density at radius 2 is 1.07 bits per heavy atom. The smallest absolute Gasteiger partial charge is 0.0832 e. The number of rotatable bonds is 21. The van der Waals surface area contributed by atoms with Gasteiger partial charge in [-0.1, -0.05) is 103 Å². The highest BCUT2D eigenvalue weighted by Crippen LogP contribution is 2.25. The summed E-state index contributed by atoms with van der Waals surface area (Å²) in [5, 5.41) is 9.80. The molecule has 0 aromatic heterocycles. The van der Waals surface area contributed by atoms with Gasteiger partial charge in [-0.15, -0.1) is 0 Å². The first-order chi connectivity index (χ1) is 13.7. The first-order valence-electron chi connectivity index (χ1n) is 12.7. The predicted molar refractivity (Wildman–Crippen MR) is 130 cm³/mol. The van der Waals surface area contributed by atoms with Gasteiger partial charge in [0.05, 0.1) is 17.8 Å². The molecular formula is C27H54O2. The topological polar surface area (TPSA) is 29.5 Å². The summed E-state index contributed by atoms with van der Waals surface area (Å²) in [7, 11) is 0. The molecule has 2 heteroatoms. The van der Waals surface area contributed by atoms with Gasteiger partial charge in [-0.3, -0.25) is 0 Å². The van der Waals surface area contributed by atoms with E-state index < -0.39 is 5.60 Å². The van der Waals surface area contributed by atoms with Crippen LogP contribution < -0.4 is 0 Å². The fraction of sp³-hybridized carbons (Fsp3) is 0.926. The second-order valence-electron chi connectivity index (χ2n) is 10.2. The van der Waals surface area contributed by atoms with Crippen LogP contribution in [0.2, 0.25) is 0 Å². The van der Waals surface area contributed by atoms with Crippen LogP contribution in [0.3, 0.4) is 0 Å². The van der Waals surface area contributed by atoms with E-state index in [1.807, 2.05) is 13.8 Å². The Hall–Kier alpha value is -0.340. The maximum atomic E-state index is 9.80. The second-order valence-corrected chi connectivity index (χ2v) is 10.2. The molecule has 0 aliphatic rings. The molecule has 0 bridgehead atoms. The molecule has 1 N–H and O–H groups in total. The summed E-state index contributed by atoms with van der Waals surface area (Å²) in [6, 6.07) is 0. The van der Waals surface area contributed by atoms with Gasteiger partial charge in [0, 0.05) is 0 Å². The zero-order chi connectivity index (χ0) is 22.0. The first kappa shape index (κ1) is 28.7. The maximum Gasteiger partial charge on any atom is 0.0832 e. The van der Waals surface area contributed by atoms with E-state index in [9.17, 15) is 5.11 Å². The fourth-order valence-electron chi connectivity index (χ4n) is 3.67. The molecule has 0 saturated heterocycles. The van der Waals surface area contributed by atoms with E-state index in [0.29, 0.717) is 13.0 Å². The van der Waals surface area contributed by atoms with Crippen molar-refractivity contribution in [3.8, 4) is 0 Å². The van der Waals surface area contributed by atoms with Crippen molar-refractivity contribution in [3.05, 3.63) is 12.2 Å². The molecule has 0 unspecified atom stereocenters. The van der Waals surface area contributed by atoms with Crippen LogP contribution >= 0.6 is 0 Å². The van der Waals surface area contributed by atoms with Gasteiger partial charge in [0.2, 0.25) is 0 Å². The van der Waals surface area contributed by atoms with Crippen LogP contribution in [0.15, 0.2) is 12.2 Å². The van der Waals surface area contributed by atoms with Crippen LogP contribution in [-0.4, -0.2) is 22.9 Å². The molecule has 2 nitrogen and oxygen atoms in total. The van der Waals surface area contributed by atoms with Crippen molar-refractivity contribution in [1.82, 2.24) is 0 Å². The van der Waals surface area contributed by atoms with Crippen molar-refractivity contribution in [2.75, 3.05) is 6.61 Å². The van der Waals surface area contributed by atoms with Gasteiger partial charge >= 0.3 is 0 Å². The number of hydrogen-bond acceptors (Lipinski definition) is 2. The summed E-state index contributed by atoms with van der Waals surface area (Å²) in [5.41, 5.74) is 0.232. The Bertz CT molecular complexity index is 378. The highest BCUT2D eigenvalue weighted by Gasteiger charge is 2.23. The number of aliphatic hydroxyl groups is 1. The standard InChI is InChI=1S/C27H54O2/c1-7-8-9-10-11-12-13-14-15-16-17-18-19-20-21-22-25(2)27(5,6)29-24-23-26(3,4)28/h28H,2,7-24H2,1,3-6H3. The zero-order valence-electron chi connectivity index (χ0n) is 20.8. The third kappa shape index (κ3) is 19.4. The number of hydrogen-bond donors (Lipinski definition) is 1. The van der Waals surface area contributed by atoms with Crippen molar-refractivity contribution >= 4 is 0 Å². The summed E-state index contributed by atoms with van der Waals surface area (Å²) in [5.74, 6) is 0. The fourth-order valence-corrected chi connectivity index (χ4v) is 3.67. The zero-order valence-corrected chi connectivity index (χ0v) is 20.8. The normalized spacial score (nSPS) is 12.5. The molecule has 0 heterocycles. The summed E-state index contributed by atoms with van der Waals surface area (Å²) < 4.78 is 5.98. The molecule has 0 fully saturated rings. The third-order valence-corrected chi connectivity index (χ3v) is 6.11. The van der Waals surface area contributed by atoms with Crippen molar-refractivity contribution in [2.24, 2.45) is 0 Å². The van der Waals surface area contributed by atoms with Crippen LogP contribution in [0.25, 0.3) is 0 Å². The van der Waals surface area contributed by atoms with Crippen LogP contribution in [-0.2, 0) is 4.74 Å². The number of unbranched alkanes of at least 4 members (excludes halogenated alkanes) is 14. The Morgan fingerprint density at radius 3 is 1.45 bits per heavy atom. The Morgan fingerprint density at radius 1 is 0.690 bits per heavy atom. The minimum atomic E-state index is -0.661. The van der Waals surface area contributed by atoms with Crippen molar-refractivity contribution in [3.63, 3.8) is 0 Å². The van der Waals surface area contributed by atoms with Crippen molar-refractivity contribution in [2.45, 2.75) is 155 Å². The molecule has 0 aliphatic carbocycles. The van der Waals surface area contributed by atoms with Crippen molar-refractivity contribution < 1.29 is 9.84 Å². The largest absolute Gasteiger partial charge is 0.390 e. The maximum absolute atomic E-state index is 9.80. The molecule has 0 spiro atoms. The summed E-state index contributed by atoms with van der Waals surface area (Å²) in [4.78, 5) is 0. The minimum Gasteiger partial charge on any atom is -0.390 e. The highest BCUT2D eigenvalue weighted by atomic mass is 16.5. The monoisotopic (exact) mass is 410 g/mol. The van der Waals surface area contributed by atoms with E-state index in [2.05, 4.69) is 27.4 Å². The van der Waals surface area contributed by atoms with Crippen LogP contribution in [0.1, 0.15) is 144 Å². The minimum absolute atomic E-state index is 0.290. The highest BCUT2D eigenvalue weighted by molar-refractivity contribution is 5.09. The molecule has 174 valence electrons. The Labute approximate surface area is 183 Å². The lowest BCUT2D eigenvalue weighted by Gasteiger charge is -2.29. The average molecular weight is 411 g/mol. The molecular weight excluding hydrogens is 356 g/mol. The van der Waals surface area contributed by atoms with E-state index in [4.69, 9.17) is 4.74 Å². The quantitative estimate of drug-likeness (QED) is 0.151. The lowest BCUT2D eigenvalue weighted by atomic mass is 9.93. The van der Waals surface area contributed by atoms with E-state index in [1.54, 1.807) is 0 Å². The molecule has 0 saturated carbocycles. The van der Waals surface area contributed by atoms with Crippen LogP contribution in [0.4, 0.5) is 0 Å². The first-order valence-corrected chi connectivity index (χ1v) is 12.7. The summed E-state index contributed by atoms with van der Waals surface area (Å²) in [6.07, 6.45) is 22.7. The predicted octanol–water partition coefficient (Wildman–Crippen LogP) is 8.76. The molecule has 0 aliphatic heterocycles. The van der Waals surface area contributed by atoms with E-state index >= 15 is 0 Å². The molecule has 29 heavy (non-hydrogen) atoms. The Balaban J connectivity index is 3.46. The molecule has 0 rings (SSSR count). The van der Waals surface area contributed by atoms with E-state index in [0.717, 1.165) is 6.42 Å². The Kier molecular flexibility index (Phi) is 17.1. The second kappa shape index (κ2) is 17.4. The van der Waals surface area contributed by atoms with Gasteiger partial charge in [-0.25, -0.2) is 0 Å². The molecule has 0 aromatic rings. The lowest BCUT2D eigenvalue weighted by Crippen LogP contribution is -2.30. The van der Waals surface area contributed by atoms with E-state index in [1.165, 1.54) is 102 Å². The van der Waals surface area contributed by atoms with Gasteiger partial charge in [0.15, 0.2) is 0 Å².